The van der Waals surface area contributed by atoms with Gasteiger partial charge in [0.1, 0.15) is 16.8 Å². The van der Waals surface area contributed by atoms with Gasteiger partial charge in [-0.2, -0.15) is 5.10 Å². The molecule has 1 aliphatic heterocycles. The summed E-state index contributed by atoms with van der Waals surface area (Å²) >= 11 is 0. The monoisotopic (exact) mass is 509 g/mol. The lowest BCUT2D eigenvalue weighted by Gasteiger charge is -2.33. The number of aromatic amines is 2. The van der Waals surface area contributed by atoms with E-state index in [1.165, 1.54) is 19.3 Å². The van der Waals surface area contributed by atoms with Crippen LogP contribution in [-0.2, 0) is 0 Å². The summed E-state index contributed by atoms with van der Waals surface area (Å²) < 4.78 is 6.25. The number of hydrogen-bond donors (Lipinski definition) is 2. The van der Waals surface area contributed by atoms with Crippen LogP contribution in [0.5, 0.6) is 5.75 Å². The minimum atomic E-state index is 0.273. The Labute approximate surface area is 220 Å². The summed E-state index contributed by atoms with van der Waals surface area (Å²) in [5.74, 6) is 1.47. The number of rotatable bonds is 5. The van der Waals surface area contributed by atoms with Crippen LogP contribution < -0.4 is 9.64 Å². The van der Waals surface area contributed by atoms with Crippen molar-refractivity contribution < 1.29 is 4.74 Å². The molecule has 0 aromatic carbocycles. The normalized spacial score (nSPS) is 17.4. The van der Waals surface area contributed by atoms with Crippen LogP contribution >= 0.6 is 0 Å². The minimum Gasteiger partial charge on any atom is -0.489 e. The third-order valence-corrected chi connectivity index (χ3v) is 7.71. The molecule has 10 heteroatoms. The van der Waals surface area contributed by atoms with Crippen LogP contribution in [0.15, 0.2) is 43.0 Å². The number of hydrogen-bond acceptors (Lipinski definition) is 8. The van der Waals surface area contributed by atoms with E-state index in [-0.39, 0.29) is 6.10 Å². The van der Waals surface area contributed by atoms with Crippen LogP contribution in [0.3, 0.4) is 0 Å². The van der Waals surface area contributed by atoms with Crippen LogP contribution in [0, 0.1) is 0 Å². The predicted molar refractivity (Wildman–Crippen MR) is 147 cm³/mol. The first-order valence-corrected chi connectivity index (χ1v) is 13.5. The molecule has 38 heavy (non-hydrogen) atoms. The van der Waals surface area contributed by atoms with Crippen molar-refractivity contribution in [1.29, 1.82) is 0 Å². The second-order valence-corrected chi connectivity index (χ2v) is 10.4. The molecular formula is C28H31N9O. The maximum absolute atomic E-state index is 6.25. The molecular weight excluding hydrogens is 478 g/mol. The second-order valence-electron chi connectivity index (χ2n) is 10.4. The molecule has 0 atom stereocenters. The number of H-pyrrole nitrogens is 2. The number of nitrogens with one attached hydrogen (secondary N) is 2. The van der Waals surface area contributed by atoms with Crippen molar-refractivity contribution in [2.45, 2.75) is 38.2 Å². The lowest BCUT2D eigenvalue weighted by Crippen LogP contribution is -2.44. The molecule has 5 aromatic heterocycles. The number of pyridine rings is 3. The van der Waals surface area contributed by atoms with Gasteiger partial charge in [0.2, 0.25) is 0 Å². The largest absolute Gasteiger partial charge is 0.489 e. The van der Waals surface area contributed by atoms with Gasteiger partial charge in [-0.05, 0) is 50.9 Å². The fourth-order valence-electron chi connectivity index (χ4n) is 5.53. The van der Waals surface area contributed by atoms with E-state index in [2.05, 4.69) is 42.0 Å². The third kappa shape index (κ3) is 4.34. The smallest absolute Gasteiger partial charge is 0.161 e. The highest BCUT2D eigenvalue weighted by Crippen LogP contribution is 2.32. The van der Waals surface area contributed by atoms with Crippen LogP contribution in [0.2, 0.25) is 0 Å². The molecule has 1 aliphatic carbocycles. The molecule has 0 amide bonds. The van der Waals surface area contributed by atoms with Gasteiger partial charge in [-0.15, -0.1) is 0 Å². The number of fused-ring (bicyclic) bond motifs is 2. The fourth-order valence-corrected chi connectivity index (χ4v) is 5.53. The van der Waals surface area contributed by atoms with Crippen molar-refractivity contribution in [3.63, 3.8) is 0 Å². The van der Waals surface area contributed by atoms with Gasteiger partial charge in [0, 0.05) is 37.9 Å². The van der Waals surface area contributed by atoms with Gasteiger partial charge < -0.3 is 19.5 Å². The number of ether oxygens (including phenoxy) is 1. The van der Waals surface area contributed by atoms with Gasteiger partial charge >= 0.3 is 0 Å². The van der Waals surface area contributed by atoms with Crippen molar-refractivity contribution in [1.82, 2.24) is 40.0 Å². The quantitative estimate of drug-likeness (QED) is 0.358. The molecule has 194 valence electrons. The number of piperazine rings is 1. The lowest BCUT2D eigenvalue weighted by atomic mass is 9.98. The summed E-state index contributed by atoms with van der Waals surface area (Å²) in [7, 11) is 2.16. The molecule has 2 N–H and O–H groups in total. The van der Waals surface area contributed by atoms with E-state index in [0.717, 1.165) is 83.8 Å². The zero-order valence-corrected chi connectivity index (χ0v) is 21.5. The molecule has 2 aliphatic rings. The molecule has 0 spiro atoms. The van der Waals surface area contributed by atoms with Gasteiger partial charge in [-0.1, -0.05) is 6.42 Å². The lowest BCUT2D eigenvalue weighted by molar-refractivity contribution is 0.154. The predicted octanol–water partition coefficient (Wildman–Crippen LogP) is 4.42. The van der Waals surface area contributed by atoms with E-state index in [1.54, 1.807) is 6.20 Å². The number of anilines is 1. The molecule has 6 heterocycles. The molecule has 1 saturated heterocycles. The highest BCUT2D eigenvalue weighted by molar-refractivity contribution is 5.94. The third-order valence-electron chi connectivity index (χ3n) is 7.71. The number of nitrogens with zero attached hydrogens (tertiary/aromatic N) is 7. The summed E-state index contributed by atoms with van der Waals surface area (Å²) in [5, 5.41) is 7.69. The van der Waals surface area contributed by atoms with E-state index >= 15 is 0 Å². The fraction of sp³-hybridized carbons (Fsp3) is 0.393. The first-order valence-electron chi connectivity index (χ1n) is 13.5. The van der Waals surface area contributed by atoms with Gasteiger partial charge in [0.25, 0.3) is 0 Å². The van der Waals surface area contributed by atoms with Crippen LogP contribution in [0.1, 0.15) is 32.1 Å². The zero-order chi connectivity index (χ0) is 25.5. The summed E-state index contributed by atoms with van der Waals surface area (Å²) in [6, 6.07) is 6.02. The Morgan fingerprint density at radius 1 is 0.868 bits per heavy atom. The van der Waals surface area contributed by atoms with Gasteiger partial charge in [-0.3, -0.25) is 15.1 Å². The molecule has 1 saturated carbocycles. The Bertz CT molecular complexity index is 1580. The summed E-state index contributed by atoms with van der Waals surface area (Å²) in [4.78, 5) is 27.0. The first kappa shape index (κ1) is 23.1. The Hall–Kier alpha value is -4.05. The maximum atomic E-state index is 6.25. The Morgan fingerprint density at radius 3 is 2.58 bits per heavy atom. The molecule has 10 nitrogen and oxygen atoms in total. The first-order chi connectivity index (χ1) is 18.7. The van der Waals surface area contributed by atoms with Gasteiger partial charge in [0.05, 0.1) is 47.1 Å². The molecule has 5 aromatic rings. The summed E-state index contributed by atoms with van der Waals surface area (Å²) in [5.41, 5.74) is 6.87. The highest BCUT2D eigenvalue weighted by Gasteiger charge is 2.21. The zero-order valence-electron chi connectivity index (χ0n) is 21.5. The molecule has 0 radical (unpaired) electrons. The molecule has 2 fully saturated rings. The van der Waals surface area contributed by atoms with Crippen molar-refractivity contribution in [3.8, 4) is 28.5 Å². The molecule has 0 bridgehead atoms. The average Bonchev–Trinajstić information content (AvgIpc) is 3.58. The summed E-state index contributed by atoms with van der Waals surface area (Å²) in [6.07, 6.45) is 13.6. The number of imidazole rings is 1. The van der Waals surface area contributed by atoms with E-state index in [4.69, 9.17) is 14.7 Å². The Balaban J connectivity index is 1.22. The minimum absolute atomic E-state index is 0.273. The second kappa shape index (κ2) is 9.68. The average molecular weight is 510 g/mol. The van der Waals surface area contributed by atoms with Gasteiger partial charge in [-0.25, -0.2) is 9.97 Å². The number of likely N-dealkylation sites (N-methyl/N-ethyl adjacent to an activating group) is 1. The molecule has 7 rings (SSSR count). The topological polar surface area (TPSA) is 112 Å². The standard InChI is InChI=1S/C28H31N9O/c1-36-9-11-37(12-10-36)24-17-30-16-23-25(24)33-28(32-23)27-26-22(34-35-27)8-7-21(31-26)18-13-20(15-29-14-18)38-19-5-3-2-4-6-19/h7-8,13-17,19H,2-6,9-12H2,1H3,(H,32,33)(H,34,35). The van der Waals surface area contributed by atoms with Crippen molar-refractivity contribution in [2.75, 3.05) is 38.1 Å². The Kier molecular flexibility index (Phi) is 5.88. The molecule has 0 unspecified atom stereocenters. The maximum Gasteiger partial charge on any atom is 0.161 e. The highest BCUT2D eigenvalue weighted by atomic mass is 16.5. The SMILES string of the molecule is CN1CCN(c2cncc3[nH]c(-c4n[nH]c5ccc(-c6cncc(OC7CCCCC7)c6)nc45)nc23)CC1. The number of aromatic nitrogens is 7. The van der Waals surface area contributed by atoms with Crippen LogP contribution in [-0.4, -0.2) is 79.3 Å². The van der Waals surface area contributed by atoms with E-state index < -0.39 is 0 Å². The van der Waals surface area contributed by atoms with Crippen molar-refractivity contribution >= 4 is 27.8 Å². The Morgan fingerprint density at radius 2 is 1.71 bits per heavy atom. The van der Waals surface area contributed by atoms with E-state index in [0.29, 0.717) is 11.5 Å². The van der Waals surface area contributed by atoms with Crippen LogP contribution in [0.4, 0.5) is 5.69 Å². The van der Waals surface area contributed by atoms with E-state index in [1.807, 2.05) is 36.8 Å². The van der Waals surface area contributed by atoms with Crippen molar-refractivity contribution in [2.24, 2.45) is 0 Å². The van der Waals surface area contributed by atoms with Crippen molar-refractivity contribution in [3.05, 3.63) is 43.0 Å². The summed E-state index contributed by atoms with van der Waals surface area (Å²) in [6.45, 7) is 3.94. The van der Waals surface area contributed by atoms with Gasteiger partial charge in [0.15, 0.2) is 11.5 Å². The van der Waals surface area contributed by atoms with Crippen LogP contribution in [0.25, 0.3) is 44.8 Å². The van der Waals surface area contributed by atoms with E-state index in [9.17, 15) is 0 Å².